The summed E-state index contributed by atoms with van der Waals surface area (Å²) in [5.41, 5.74) is 5.52. The molecule has 0 saturated heterocycles. The van der Waals surface area contributed by atoms with E-state index < -0.39 is 17.8 Å². The molecule has 10 heteroatoms. The Morgan fingerprint density at radius 2 is 1.97 bits per heavy atom. The summed E-state index contributed by atoms with van der Waals surface area (Å²) in [6.07, 6.45) is 2.51. The number of fused-ring (bicyclic) bond motifs is 1. The summed E-state index contributed by atoms with van der Waals surface area (Å²) in [4.78, 5) is 24.1. The molecule has 1 fully saturated rings. The van der Waals surface area contributed by atoms with Crippen molar-refractivity contribution in [3.63, 3.8) is 0 Å². The van der Waals surface area contributed by atoms with Crippen LogP contribution in [0.4, 0.5) is 29.3 Å². The molecular formula is C24H25F3N4O3. The molecule has 0 spiro atoms. The van der Waals surface area contributed by atoms with Crippen molar-refractivity contribution >= 4 is 34.6 Å². The quantitative estimate of drug-likeness (QED) is 0.471. The monoisotopic (exact) mass is 474 g/mol. The first-order valence-electron chi connectivity index (χ1n) is 11.0. The average Bonchev–Trinajstić information content (AvgIpc) is 3.22. The van der Waals surface area contributed by atoms with E-state index in [1.54, 1.807) is 12.1 Å². The molecule has 0 radical (unpaired) electrons. The number of primary amides is 1. The second-order valence-corrected chi connectivity index (χ2v) is 8.49. The van der Waals surface area contributed by atoms with E-state index in [9.17, 15) is 22.8 Å². The van der Waals surface area contributed by atoms with Crippen molar-refractivity contribution in [2.45, 2.75) is 44.3 Å². The summed E-state index contributed by atoms with van der Waals surface area (Å²) in [5, 5.41) is 5.36. The summed E-state index contributed by atoms with van der Waals surface area (Å²) in [6.45, 7) is 0. The Morgan fingerprint density at radius 3 is 2.59 bits per heavy atom. The predicted octanol–water partition coefficient (Wildman–Crippen LogP) is 5.60. The number of methoxy groups -OCH3 is 1. The minimum Gasteiger partial charge on any atom is -0.494 e. The molecule has 1 aliphatic carbocycles. The van der Waals surface area contributed by atoms with Gasteiger partial charge in [0.1, 0.15) is 12.0 Å². The molecule has 4 rings (SSSR count). The molecule has 0 atom stereocenters. The van der Waals surface area contributed by atoms with Gasteiger partial charge in [0.15, 0.2) is 0 Å². The Kier molecular flexibility index (Phi) is 6.49. The number of nitrogens with two attached hydrogens (primary N) is 1. The Bertz CT molecular complexity index is 1200. The smallest absolute Gasteiger partial charge is 0.416 e. The van der Waals surface area contributed by atoms with E-state index in [-0.39, 0.29) is 23.2 Å². The van der Waals surface area contributed by atoms with E-state index in [0.29, 0.717) is 23.2 Å². The van der Waals surface area contributed by atoms with Gasteiger partial charge in [-0.05, 0) is 55.9 Å². The van der Waals surface area contributed by atoms with Crippen LogP contribution in [-0.2, 0) is 11.0 Å². The van der Waals surface area contributed by atoms with E-state index in [0.717, 1.165) is 49.0 Å². The number of hydrogen-bond acceptors (Lipinski definition) is 4. The Morgan fingerprint density at radius 1 is 1.24 bits per heavy atom. The molecule has 1 aliphatic rings. The number of hydrogen-bond donors (Lipinski definition) is 1. The van der Waals surface area contributed by atoms with Crippen LogP contribution in [-0.4, -0.2) is 29.2 Å². The van der Waals surface area contributed by atoms with Crippen molar-refractivity contribution < 1.29 is 27.5 Å². The fourth-order valence-electron chi connectivity index (χ4n) is 4.57. The Hall–Kier alpha value is -3.56. The number of nitrogens with zero attached hydrogens (tertiary/aromatic N) is 3. The van der Waals surface area contributed by atoms with Crippen LogP contribution in [0.15, 0.2) is 42.6 Å². The molecule has 0 unspecified atom stereocenters. The highest BCUT2D eigenvalue weighted by Crippen LogP contribution is 2.40. The molecule has 180 valence electrons. The van der Waals surface area contributed by atoms with Crippen LogP contribution in [0.2, 0.25) is 0 Å². The number of rotatable bonds is 6. The third-order valence-corrected chi connectivity index (χ3v) is 6.34. The van der Waals surface area contributed by atoms with E-state index >= 15 is 0 Å². The van der Waals surface area contributed by atoms with Gasteiger partial charge in [0, 0.05) is 24.1 Å². The van der Waals surface area contributed by atoms with Crippen molar-refractivity contribution in [3.8, 4) is 5.75 Å². The van der Waals surface area contributed by atoms with Gasteiger partial charge in [-0.1, -0.05) is 6.07 Å². The molecule has 34 heavy (non-hydrogen) atoms. The topological polar surface area (TPSA) is 90.5 Å². The Labute approximate surface area is 194 Å². The number of aromatic nitrogens is 2. The molecule has 7 nitrogen and oxygen atoms in total. The molecular weight excluding hydrogens is 449 g/mol. The highest BCUT2D eigenvalue weighted by Gasteiger charge is 2.32. The van der Waals surface area contributed by atoms with Crippen LogP contribution in [0.1, 0.15) is 43.7 Å². The van der Waals surface area contributed by atoms with Crippen LogP contribution >= 0.6 is 0 Å². The molecule has 0 aliphatic heterocycles. The lowest BCUT2D eigenvalue weighted by atomic mass is 9.84. The van der Waals surface area contributed by atoms with Crippen molar-refractivity contribution in [3.05, 3.63) is 48.2 Å². The lowest BCUT2D eigenvalue weighted by molar-refractivity contribution is -0.137. The van der Waals surface area contributed by atoms with Gasteiger partial charge in [-0.2, -0.15) is 18.3 Å². The number of aldehydes is 1. The molecule has 3 aromatic rings. The predicted molar refractivity (Wildman–Crippen MR) is 121 cm³/mol. The van der Waals surface area contributed by atoms with Gasteiger partial charge < -0.3 is 15.3 Å². The largest absolute Gasteiger partial charge is 0.494 e. The first-order chi connectivity index (χ1) is 16.2. The minimum absolute atomic E-state index is 0.0270. The van der Waals surface area contributed by atoms with Gasteiger partial charge in [-0.3, -0.25) is 9.58 Å². The molecule has 0 bridgehead atoms. The molecule has 1 heterocycles. The molecule has 1 aromatic heterocycles. The van der Waals surface area contributed by atoms with Gasteiger partial charge in [0.25, 0.3) is 0 Å². The highest BCUT2D eigenvalue weighted by atomic mass is 19.4. The number of amides is 2. The zero-order valence-electron chi connectivity index (χ0n) is 18.6. The number of halogens is 3. The van der Waals surface area contributed by atoms with Crippen molar-refractivity contribution in [2.24, 2.45) is 11.7 Å². The zero-order chi connectivity index (χ0) is 24.5. The van der Waals surface area contributed by atoms with Crippen molar-refractivity contribution in [1.82, 2.24) is 9.78 Å². The summed E-state index contributed by atoms with van der Waals surface area (Å²) in [7, 11) is 1.40. The van der Waals surface area contributed by atoms with Crippen LogP contribution in [0.3, 0.4) is 0 Å². The van der Waals surface area contributed by atoms with Crippen LogP contribution < -0.4 is 15.4 Å². The summed E-state index contributed by atoms with van der Waals surface area (Å²) < 4.78 is 47.1. The van der Waals surface area contributed by atoms with E-state index in [4.69, 9.17) is 10.5 Å². The normalized spacial score (nSPS) is 18.6. The molecule has 2 amide bonds. The molecule has 1 saturated carbocycles. The zero-order valence-corrected chi connectivity index (χ0v) is 18.6. The lowest BCUT2D eigenvalue weighted by Gasteiger charge is -2.27. The maximum absolute atomic E-state index is 13.2. The SMILES string of the molecule is COc1cc2nn(C3CCC(CC=O)CC3)cc2cc1N(C(N)=O)c1cccc(C(F)(F)F)c1. The van der Waals surface area contributed by atoms with Gasteiger partial charge >= 0.3 is 12.2 Å². The summed E-state index contributed by atoms with van der Waals surface area (Å²) in [6, 6.07) is 6.91. The number of anilines is 2. The number of urea groups is 1. The third kappa shape index (κ3) is 4.71. The fourth-order valence-corrected chi connectivity index (χ4v) is 4.57. The second-order valence-electron chi connectivity index (χ2n) is 8.49. The number of ether oxygens (including phenoxy) is 1. The molecule has 2 N–H and O–H groups in total. The van der Waals surface area contributed by atoms with Crippen molar-refractivity contribution in [1.29, 1.82) is 0 Å². The number of carbonyl (C=O) groups is 2. The average molecular weight is 474 g/mol. The third-order valence-electron chi connectivity index (χ3n) is 6.34. The minimum atomic E-state index is -4.57. The van der Waals surface area contributed by atoms with E-state index in [2.05, 4.69) is 5.10 Å². The fraction of sp³-hybridized carbons (Fsp3) is 0.375. The maximum Gasteiger partial charge on any atom is 0.416 e. The summed E-state index contributed by atoms with van der Waals surface area (Å²) >= 11 is 0. The molecule has 2 aromatic carbocycles. The second kappa shape index (κ2) is 9.36. The van der Waals surface area contributed by atoms with Gasteiger partial charge in [0.2, 0.25) is 0 Å². The standard InChI is InChI=1S/C24H25F3N4O3/c1-34-22-13-20-16(14-30(29-20)18-7-5-15(6-8-18)9-10-32)11-21(22)31(23(28)33)19-4-2-3-17(12-19)24(25,26)27/h2-4,10-15,18H,5-9H2,1H3,(H2,28,33). The van der Waals surface area contributed by atoms with Crippen LogP contribution in [0.5, 0.6) is 5.75 Å². The first kappa shape index (κ1) is 23.6. The number of carbonyl (C=O) groups excluding carboxylic acids is 2. The maximum atomic E-state index is 13.2. The number of alkyl halides is 3. The van der Waals surface area contributed by atoms with Gasteiger partial charge in [-0.15, -0.1) is 0 Å². The summed E-state index contributed by atoms with van der Waals surface area (Å²) in [5.74, 6) is 0.658. The van der Waals surface area contributed by atoms with Gasteiger partial charge in [-0.25, -0.2) is 4.79 Å². The van der Waals surface area contributed by atoms with Crippen LogP contribution in [0, 0.1) is 5.92 Å². The van der Waals surface area contributed by atoms with E-state index in [1.807, 2.05) is 10.9 Å². The number of benzene rings is 2. The first-order valence-corrected chi connectivity index (χ1v) is 11.0. The lowest BCUT2D eigenvalue weighted by Crippen LogP contribution is -2.32. The van der Waals surface area contributed by atoms with Gasteiger partial charge in [0.05, 0.1) is 35.6 Å². The van der Waals surface area contributed by atoms with Crippen molar-refractivity contribution in [2.75, 3.05) is 12.0 Å². The Balaban J connectivity index is 1.71. The highest BCUT2D eigenvalue weighted by molar-refractivity contribution is 6.02. The van der Waals surface area contributed by atoms with Crippen LogP contribution in [0.25, 0.3) is 10.9 Å². The van der Waals surface area contributed by atoms with E-state index in [1.165, 1.54) is 19.2 Å².